The number of halogens is 2. The molecule has 1 aromatic heterocycles. The van der Waals surface area contributed by atoms with Crippen LogP contribution in [0.4, 0.5) is 0 Å². The maximum Gasteiger partial charge on any atom is 0.263 e. The number of carbonyl (C=O) groups excluding carboxylic acids is 1. The Balaban J connectivity index is 2.64. The van der Waals surface area contributed by atoms with Crippen LogP contribution in [0.25, 0.3) is 11.3 Å². The van der Waals surface area contributed by atoms with Crippen molar-refractivity contribution in [3.05, 3.63) is 57.3 Å². The van der Waals surface area contributed by atoms with Crippen LogP contribution in [0.3, 0.4) is 0 Å². The number of hydrogen-bond acceptors (Lipinski definition) is 2. The van der Waals surface area contributed by atoms with Crippen LogP contribution < -0.4 is 5.56 Å². The summed E-state index contributed by atoms with van der Waals surface area (Å²) in [5.74, 6) is 0. The Morgan fingerprint density at radius 2 is 1.80 bits per heavy atom. The van der Waals surface area contributed by atoms with E-state index < -0.39 is 5.24 Å². The minimum Gasteiger partial charge on any atom is -0.308 e. The Morgan fingerprint density at radius 3 is 2.35 bits per heavy atom. The molecular formula is C15H13Cl2NO2. The first kappa shape index (κ1) is 14.8. The Labute approximate surface area is 126 Å². The van der Waals surface area contributed by atoms with Gasteiger partial charge in [0.05, 0.1) is 11.3 Å². The summed E-state index contributed by atoms with van der Waals surface area (Å²) >= 11 is 11.3. The molecule has 0 aliphatic carbocycles. The highest BCUT2D eigenvalue weighted by molar-refractivity contribution is 6.67. The molecule has 0 amide bonds. The van der Waals surface area contributed by atoms with E-state index in [4.69, 9.17) is 23.2 Å². The highest BCUT2D eigenvalue weighted by Crippen LogP contribution is 2.21. The molecule has 0 atom stereocenters. The van der Waals surface area contributed by atoms with E-state index >= 15 is 0 Å². The average molecular weight is 310 g/mol. The summed E-state index contributed by atoms with van der Waals surface area (Å²) < 4.78 is 1.57. The van der Waals surface area contributed by atoms with Gasteiger partial charge in [-0.05, 0) is 47.9 Å². The van der Waals surface area contributed by atoms with Crippen LogP contribution in [-0.2, 0) is 6.54 Å². The van der Waals surface area contributed by atoms with Gasteiger partial charge in [-0.25, -0.2) is 0 Å². The first-order valence-corrected chi connectivity index (χ1v) is 6.99. The minimum absolute atomic E-state index is 0.00201. The zero-order chi connectivity index (χ0) is 14.7. The van der Waals surface area contributed by atoms with Crippen molar-refractivity contribution in [2.24, 2.45) is 0 Å². The SMILES string of the molecule is CCCn1c(-c2ccc(Cl)cc2)ccc(C(=O)Cl)c1=O. The van der Waals surface area contributed by atoms with Crippen molar-refractivity contribution >= 4 is 28.4 Å². The average Bonchev–Trinajstić information content (AvgIpc) is 2.42. The Morgan fingerprint density at radius 1 is 1.15 bits per heavy atom. The molecule has 2 rings (SSSR count). The third-order valence-electron chi connectivity index (χ3n) is 2.97. The van der Waals surface area contributed by atoms with Crippen LogP contribution in [-0.4, -0.2) is 9.81 Å². The minimum atomic E-state index is -0.734. The van der Waals surface area contributed by atoms with Crippen LogP contribution >= 0.6 is 23.2 Å². The Bertz CT molecular complexity index is 690. The van der Waals surface area contributed by atoms with Crippen LogP contribution in [0.2, 0.25) is 5.02 Å². The van der Waals surface area contributed by atoms with E-state index in [9.17, 15) is 9.59 Å². The molecular weight excluding hydrogens is 297 g/mol. The van der Waals surface area contributed by atoms with Gasteiger partial charge in [-0.3, -0.25) is 9.59 Å². The zero-order valence-corrected chi connectivity index (χ0v) is 12.4. The molecule has 0 bridgehead atoms. The van der Waals surface area contributed by atoms with Crippen molar-refractivity contribution in [2.75, 3.05) is 0 Å². The second-order valence-electron chi connectivity index (χ2n) is 4.37. The summed E-state index contributed by atoms with van der Waals surface area (Å²) in [4.78, 5) is 23.5. The molecule has 1 aromatic carbocycles. The van der Waals surface area contributed by atoms with Gasteiger partial charge >= 0.3 is 0 Å². The van der Waals surface area contributed by atoms with Crippen molar-refractivity contribution in [3.63, 3.8) is 0 Å². The van der Waals surface area contributed by atoms with Gasteiger partial charge in [-0.1, -0.05) is 30.7 Å². The first-order chi connectivity index (χ1) is 9.54. The maximum atomic E-state index is 12.3. The fourth-order valence-corrected chi connectivity index (χ4v) is 2.32. The lowest BCUT2D eigenvalue weighted by Gasteiger charge is -2.13. The molecule has 20 heavy (non-hydrogen) atoms. The van der Waals surface area contributed by atoms with Crippen LogP contribution in [0, 0.1) is 0 Å². The van der Waals surface area contributed by atoms with Crippen molar-refractivity contribution < 1.29 is 4.79 Å². The van der Waals surface area contributed by atoms with Crippen molar-refractivity contribution in [1.29, 1.82) is 0 Å². The summed E-state index contributed by atoms with van der Waals surface area (Å²) in [5, 5.41) is -0.104. The maximum absolute atomic E-state index is 12.3. The van der Waals surface area contributed by atoms with Gasteiger partial charge in [0.1, 0.15) is 0 Å². The monoisotopic (exact) mass is 309 g/mol. The molecule has 1 heterocycles. The number of pyridine rings is 1. The van der Waals surface area contributed by atoms with Gasteiger partial charge in [-0.2, -0.15) is 0 Å². The molecule has 0 spiro atoms. The summed E-state index contributed by atoms with van der Waals surface area (Å²) in [6.45, 7) is 2.49. The van der Waals surface area contributed by atoms with Gasteiger partial charge in [0, 0.05) is 11.6 Å². The smallest absolute Gasteiger partial charge is 0.263 e. The predicted octanol–water partition coefficient (Wildman–Crippen LogP) is 3.96. The summed E-state index contributed by atoms with van der Waals surface area (Å²) in [6.07, 6.45) is 0.778. The van der Waals surface area contributed by atoms with E-state index in [2.05, 4.69) is 0 Å². The normalized spacial score (nSPS) is 10.6. The summed E-state index contributed by atoms with van der Waals surface area (Å²) in [6, 6.07) is 10.4. The quantitative estimate of drug-likeness (QED) is 0.802. The highest BCUT2D eigenvalue weighted by atomic mass is 35.5. The third-order valence-corrected chi connectivity index (χ3v) is 3.43. The lowest BCUT2D eigenvalue weighted by Crippen LogP contribution is -2.26. The van der Waals surface area contributed by atoms with Gasteiger partial charge in [-0.15, -0.1) is 0 Å². The van der Waals surface area contributed by atoms with E-state index in [1.807, 2.05) is 19.1 Å². The molecule has 104 valence electrons. The summed E-state index contributed by atoms with van der Waals surface area (Å²) in [5.41, 5.74) is 1.25. The molecule has 0 aliphatic heterocycles. The number of nitrogens with zero attached hydrogens (tertiary/aromatic N) is 1. The van der Waals surface area contributed by atoms with Crippen LogP contribution in [0.1, 0.15) is 23.7 Å². The molecule has 5 heteroatoms. The van der Waals surface area contributed by atoms with E-state index in [-0.39, 0.29) is 11.1 Å². The van der Waals surface area contributed by atoms with E-state index in [1.54, 1.807) is 22.8 Å². The van der Waals surface area contributed by atoms with Crippen molar-refractivity contribution in [1.82, 2.24) is 4.57 Å². The lowest BCUT2D eigenvalue weighted by atomic mass is 10.1. The molecule has 0 unspecified atom stereocenters. The zero-order valence-electron chi connectivity index (χ0n) is 10.9. The number of hydrogen-bond donors (Lipinski definition) is 0. The van der Waals surface area contributed by atoms with Crippen molar-refractivity contribution in [2.45, 2.75) is 19.9 Å². The summed E-state index contributed by atoms with van der Waals surface area (Å²) in [7, 11) is 0. The molecule has 2 aromatic rings. The largest absolute Gasteiger partial charge is 0.308 e. The van der Waals surface area contributed by atoms with Gasteiger partial charge in [0.15, 0.2) is 0 Å². The molecule has 0 fully saturated rings. The Kier molecular flexibility index (Phi) is 4.63. The second-order valence-corrected chi connectivity index (χ2v) is 5.15. The predicted molar refractivity (Wildman–Crippen MR) is 81.6 cm³/mol. The van der Waals surface area contributed by atoms with Gasteiger partial charge < -0.3 is 4.57 Å². The van der Waals surface area contributed by atoms with Crippen LogP contribution in [0.5, 0.6) is 0 Å². The number of rotatable bonds is 4. The van der Waals surface area contributed by atoms with Crippen molar-refractivity contribution in [3.8, 4) is 11.3 Å². The molecule has 0 N–H and O–H groups in total. The molecule has 0 saturated carbocycles. The second kappa shape index (κ2) is 6.25. The third kappa shape index (κ3) is 2.94. The van der Waals surface area contributed by atoms with E-state index in [0.29, 0.717) is 11.6 Å². The standard InChI is InChI=1S/C15H13Cl2NO2/c1-2-9-18-13(10-3-5-11(16)6-4-10)8-7-12(14(17)19)15(18)20/h3-8H,2,9H2,1H3. The fourth-order valence-electron chi connectivity index (χ4n) is 2.05. The molecule has 3 nitrogen and oxygen atoms in total. The van der Waals surface area contributed by atoms with Crippen LogP contribution in [0.15, 0.2) is 41.2 Å². The topological polar surface area (TPSA) is 39.1 Å². The number of carbonyl (C=O) groups is 1. The first-order valence-electron chi connectivity index (χ1n) is 6.24. The van der Waals surface area contributed by atoms with E-state index in [1.165, 1.54) is 6.07 Å². The number of aromatic nitrogens is 1. The molecule has 0 radical (unpaired) electrons. The highest BCUT2D eigenvalue weighted by Gasteiger charge is 2.13. The number of benzene rings is 1. The Hall–Kier alpha value is -1.58. The lowest BCUT2D eigenvalue weighted by molar-refractivity contribution is 0.107. The van der Waals surface area contributed by atoms with Gasteiger partial charge in [0.2, 0.25) is 0 Å². The van der Waals surface area contributed by atoms with E-state index in [0.717, 1.165) is 17.7 Å². The molecule has 0 aliphatic rings. The van der Waals surface area contributed by atoms with Gasteiger partial charge in [0.25, 0.3) is 10.8 Å². The fraction of sp³-hybridized carbons (Fsp3) is 0.200. The molecule has 0 saturated heterocycles.